The first-order chi connectivity index (χ1) is 10.0. The molecule has 0 fully saturated rings. The lowest BCUT2D eigenvalue weighted by molar-refractivity contribution is -0.116. The first-order valence-corrected chi connectivity index (χ1v) is 6.18. The van der Waals surface area contributed by atoms with E-state index in [2.05, 4.69) is 4.98 Å². The minimum absolute atomic E-state index is 0.0593. The Kier molecular flexibility index (Phi) is 4.27. The van der Waals surface area contributed by atoms with Crippen molar-refractivity contribution in [2.75, 3.05) is 0 Å². The molecule has 0 radical (unpaired) electrons. The molecule has 0 saturated carbocycles. The van der Waals surface area contributed by atoms with Gasteiger partial charge in [-0.25, -0.2) is 9.37 Å². The van der Waals surface area contributed by atoms with Crippen LogP contribution in [-0.4, -0.2) is 27.3 Å². The van der Waals surface area contributed by atoms with E-state index in [0.717, 1.165) is 22.7 Å². The topological polar surface area (TPSA) is 70.5 Å². The van der Waals surface area contributed by atoms with Crippen molar-refractivity contribution in [1.82, 2.24) is 9.88 Å². The number of aromatic nitrogens is 1. The number of hydrogen-bond donors (Lipinski definition) is 1. The summed E-state index contributed by atoms with van der Waals surface area (Å²) in [5.41, 5.74) is 1.15. The van der Waals surface area contributed by atoms with Gasteiger partial charge in [0.15, 0.2) is 0 Å². The number of hydrogen-bond acceptors (Lipinski definition) is 4. The van der Waals surface area contributed by atoms with E-state index < -0.39 is 17.6 Å². The van der Waals surface area contributed by atoms with Gasteiger partial charge in [-0.1, -0.05) is 18.2 Å². The minimum atomic E-state index is -0.656. The van der Waals surface area contributed by atoms with E-state index in [0.29, 0.717) is 12.0 Å². The molecule has 0 bridgehead atoms. The molecular formula is C15H13FN2O3. The summed E-state index contributed by atoms with van der Waals surface area (Å²) < 4.78 is 13.1. The summed E-state index contributed by atoms with van der Waals surface area (Å²) >= 11 is 0. The van der Waals surface area contributed by atoms with Crippen LogP contribution in [0.4, 0.5) is 4.39 Å². The Balaban J connectivity index is 2.28. The fraction of sp³-hybridized carbons (Fsp3) is 0.133. The smallest absolute Gasteiger partial charge is 0.260 e. The molecule has 1 N–H and O–H groups in total. The molecule has 0 unspecified atom stereocenters. The predicted molar refractivity (Wildman–Crippen MR) is 73.0 cm³/mol. The number of amides is 2. The van der Waals surface area contributed by atoms with E-state index >= 15 is 0 Å². The van der Waals surface area contributed by atoms with Crippen LogP contribution in [0.25, 0.3) is 0 Å². The van der Waals surface area contributed by atoms with Crippen LogP contribution in [-0.2, 0) is 11.3 Å². The van der Waals surface area contributed by atoms with Crippen molar-refractivity contribution >= 4 is 12.3 Å². The molecule has 0 saturated heterocycles. The van der Waals surface area contributed by atoms with Crippen LogP contribution in [0.1, 0.15) is 21.5 Å². The highest BCUT2D eigenvalue weighted by Gasteiger charge is 2.19. The van der Waals surface area contributed by atoms with E-state index in [1.807, 2.05) is 0 Å². The zero-order chi connectivity index (χ0) is 15.4. The second-order valence-corrected chi connectivity index (χ2v) is 4.49. The summed E-state index contributed by atoms with van der Waals surface area (Å²) in [6.07, 6.45) is 1.20. The number of pyridine rings is 1. The first kappa shape index (κ1) is 14.6. The Labute approximate surface area is 120 Å². The number of nitrogens with zero attached hydrogens (tertiary/aromatic N) is 2. The van der Waals surface area contributed by atoms with Crippen molar-refractivity contribution in [3.8, 4) is 5.88 Å². The minimum Gasteiger partial charge on any atom is -0.493 e. The Morgan fingerprint density at radius 2 is 2.14 bits per heavy atom. The van der Waals surface area contributed by atoms with Crippen LogP contribution in [0.3, 0.4) is 0 Å². The Bertz CT molecular complexity index is 688. The number of carbonyl (C=O) groups excluding carboxylic acids is 2. The monoisotopic (exact) mass is 288 g/mol. The standard InChI is InChI=1S/C15H13FN2O3/c1-10-4-2-3-5-13(10)15(21)18(9-19)8-11-6-12(16)7-17-14(11)20/h2-7,9H,8H2,1H3,(H,17,20). The third-order valence-electron chi connectivity index (χ3n) is 3.01. The van der Waals surface area contributed by atoms with E-state index in [1.165, 1.54) is 0 Å². The quantitative estimate of drug-likeness (QED) is 0.874. The molecule has 5 nitrogen and oxygen atoms in total. The van der Waals surface area contributed by atoms with Gasteiger partial charge in [0.2, 0.25) is 12.3 Å². The second kappa shape index (κ2) is 6.13. The fourth-order valence-corrected chi connectivity index (χ4v) is 1.90. The van der Waals surface area contributed by atoms with Gasteiger partial charge in [0.25, 0.3) is 5.91 Å². The number of rotatable bonds is 4. The summed E-state index contributed by atoms with van der Waals surface area (Å²) in [6.45, 7) is 1.49. The van der Waals surface area contributed by atoms with Gasteiger partial charge in [0.1, 0.15) is 5.82 Å². The summed E-state index contributed by atoms with van der Waals surface area (Å²) in [6, 6.07) is 7.84. The number of benzene rings is 1. The molecule has 1 heterocycles. The van der Waals surface area contributed by atoms with Gasteiger partial charge >= 0.3 is 0 Å². The largest absolute Gasteiger partial charge is 0.493 e. The van der Waals surface area contributed by atoms with Crippen LogP contribution in [0.15, 0.2) is 36.5 Å². The normalized spacial score (nSPS) is 10.2. The third kappa shape index (κ3) is 3.22. The van der Waals surface area contributed by atoms with E-state index in [9.17, 15) is 19.1 Å². The van der Waals surface area contributed by atoms with Gasteiger partial charge in [0.05, 0.1) is 12.7 Å². The Hall–Kier alpha value is -2.76. The van der Waals surface area contributed by atoms with Gasteiger partial charge < -0.3 is 5.11 Å². The molecule has 0 aliphatic carbocycles. The molecule has 108 valence electrons. The molecule has 0 aliphatic heterocycles. The molecule has 6 heteroatoms. The highest BCUT2D eigenvalue weighted by atomic mass is 19.1. The maximum Gasteiger partial charge on any atom is 0.260 e. The molecule has 1 aromatic heterocycles. The first-order valence-electron chi connectivity index (χ1n) is 6.18. The van der Waals surface area contributed by atoms with Gasteiger partial charge in [-0.3, -0.25) is 14.5 Å². The molecule has 21 heavy (non-hydrogen) atoms. The lowest BCUT2D eigenvalue weighted by atomic mass is 10.1. The molecule has 0 aliphatic rings. The molecular weight excluding hydrogens is 275 g/mol. The molecule has 2 rings (SSSR count). The molecule has 0 atom stereocenters. The van der Waals surface area contributed by atoms with Crippen molar-refractivity contribution in [3.63, 3.8) is 0 Å². The zero-order valence-corrected chi connectivity index (χ0v) is 11.3. The highest BCUT2D eigenvalue weighted by Crippen LogP contribution is 2.18. The van der Waals surface area contributed by atoms with E-state index in [4.69, 9.17) is 0 Å². The molecule has 2 amide bonds. The third-order valence-corrected chi connectivity index (χ3v) is 3.01. The number of imide groups is 1. The van der Waals surface area contributed by atoms with Crippen LogP contribution >= 0.6 is 0 Å². The van der Waals surface area contributed by atoms with Crippen molar-refractivity contribution in [2.45, 2.75) is 13.5 Å². The summed E-state index contributed by atoms with van der Waals surface area (Å²) in [5.74, 6) is -1.59. The maximum absolute atomic E-state index is 13.1. The van der Waals surface area contributed by atoms with Crippen molar-refractivity contribution < 1.29 is 19.1 Å². The predicted octanol–water partition coefficient (Wildman–Crippen LogP) is 2.03. The Morgan fingerprint density at radius 3 is 2.81 bits per heavy atom. The van der Waals surface area contributed by atoms with Crippen molar-refractivity contribution in [3.05, 3.63) is 59.0 Å². The number of carbonyl (C=O) groups is 2. The van der Waals surface area contributed by atoms with Gasteiger partial charge in [-0.15, -0.1) is 0 Å². The number of halogens is 1. The number of aryl methyl sites for hydroxylation is 1. The fourth-order valence-electron chi connectivity index (χ4n) is 1.90. The van der Waals surface area contributed by atoms with Gasteiger partial charge in [0, 0.05) is 11.1 Å². The SMILES string of the molecule is Cc1ccccc1C(=O)N(C=O)Cc1cc(F)cnc1O. The summed E-state index contributed by atoms with van der Waals surface area (Å²) in [7, 11) is 0. The van der Waals surface area contributed by atoms with Crippen LogP contribution in [0, 0.1) is 12.7 Å². The Morgan fingerprint density at radius 1 is 1.43 bits per heavy atom. The molecule has 2 aromatic rings. The van der Waals surface area contributed by atoms with E-state index in [-0.39, 0.29) is 12.1 Å². The van der Waals surface area contributed by atoms with Crippen molar-refractivity contribution in [1.29, 1.82) is 0 Å². The van der Waals surface area contributed by atoms with Gasteiger partial charge in [-0.05, 0) is 24.6 Å². The van der Waals surface area contributed by atoms with Crippen LogP contribution < -0.4 is 0 Å². The van der Waals surface area contributed by atoms with E-state index in [1.54, 1.807) is 31.2 Å². The van der Waals surface area contributed by atoms with Crippen LogP contribution in [0.2, 0.25) is 0 Å². The number of aromatic hydroxyl groups is 1. The highest BCUT2D eigenvalue weighted by molar-refractivity contribution is 6.00. The summed E-state index contributed by atoms with van der Waals surface area (Å²) in [5, 5.41) is 9.55. The second-order valence-electron chi connectivity index (χ2n) is 4.49. The lowest BCUT2D eigenvalue weighted by Gasteiger charge is -2.17. The average Bonchev–Trinajstić information content (AvgIpc) is 2.48. The lowest BCUT2D eigenvalue weighted by Crippen LogP contribution is -2.29. The zero-order valence-electron chi connectivity index (χ0n) is 11.3. The molecule has 0 spiro atoms. The van der Waals surface area contributed by atoms with Crippen molar-refractivity contribution in [2.24, 2.45) is 0 Å². The maximum atomic E-state index is 13.1. The van der Waals surface area contributed by atoms with Gasteiger partial charge in [-0.2, -0.15) is 0 Å². The molecule has 1 aromatic carbocycles. The summed E-state index contributed by atoms with van der Waals surface area (Å²) in [4.78, 5) is 27.7. The van der Waals surface area contributed by atoms with Crippen LogP contribution in [0.5, 0.6) is 5.88 Å². The average molecular weight is 288 g/mol.